The average Bonchev–Trinajstić information content (AvgIpc) is 2.98. The van der Waals surface area contributed by atoms with E-state index in [-0.39, 0.29) is 11.9 Å². The van der Waals surface area contributed by atoms with Crippen LogP contribution >= 0.6 is 0 Å². The lowest BCUT2D eigenvalue weighted by Gasteiger charge is -2.10. The Labute approximate surface area is 244 Å². The molecule has 40 heavy (non-hydrogen) atoms. The Morgan fingerprint density at radius 1 is 0.625 bits per heavy atom. The molecular weight excluding hydrogens is 496 g/mol. The molecule has 0 amide bonds. The molecule has 0 N–H and O–H groups in total. The van der Waals surface area contributed by atoms with Gasteiger partial charge >= 0.3 is 11.9 Å². The van der Waals surface area contributed by atoms with Gasteiger partial charge in [0.2, 0.25) is 0 Å². The third kappa shape index (κ3) is 14.7. The quantitative estimate of drug-likeness (QED) is 0.0831. The van der Waals surface area contributed by atoms with Gasteiger partial charge in [0.15, 0.2) is 0 Å². The molecule has 2 aromatic rings. The SMILES string of the molecule is CCCCCCCCCCCCCCCCCC(=O)Oc1ccc(-c2ccc(C(=O)OCC(C)CC)cc2)cc1. The van der Waals surface area contributed by atoms with Crippen LogP contribution in [0.3, 0.4) is 0 Å². The molecule has 2 aromatic carbocycles. The van der Waals surface area contributed by atoms with E-state index in [4.69, 9.17) is 9.47 Å². The van der Waals surface area contributed by atoms with Gasteiger partial charge in [-0.2, -0.15) is 0 Å². The zero-order chi connectivity index (χ0) is 28.8. The monoisotopic (exact) mass is 550 g/mol. The molecule has 1 unspecified atom stereocenters. The summed E-state index contributed by atoms with van der Waals surface area (Å²) in [5.41, 5.74) is 2.55. The fraction of sp³-hybridized carbons (Fsp3) is 0.611. The zero-order valence-electron chi connectivity index (χ0n) is 25.6. The lowest BCUT2D eigenvalue weighted by Crippen LogP contribution is -2.11. The van der Waals surface area contributed by atoms with E-state index in [2.05, 4.69) is 20.8 Å². The van der Waals surface area contributed by atoms with Crippen LogP contribution < -0.4 is 4.74 Å². The van der Waals surface area contributed by atoms with Crippen molar-refractivity contribution >= 4 is 11.9 Å². The summed E-state index contributed by atoms with van der Waals surface area (Å²) in [7, 11) is 0. The van der Waals surface area contributed by atoms with Crippen molar-refractivity contribution in [2.24, 2.45) is 5.92 Å². The number of hydrogen-bond acceptors (Lipinski definition) is 4. The number of rotatable bonds is 22. The highest BCUT2D eigenvalue weighted by atomic mass is 16.5. The van der Waals surface area contributed by atoms with Gasteiger partial charge < -0.3 is 9.47 Å². The topological polar surface area (TPSA) is 52.6 Å². The highest BCUT2D eigenvalue weighted by molar-refractivity contribution is 5.90. The summed E-state index contributed by atoms with van der Waals surface area (Å²) in [5, 5.41) is 0. The van der Waals surface area contributed by atoms with Gasteiger partial charge in [-0.05, 0) is 47.7 Å². The van der Waals surface area contributed by atoms with Crippen molar-refractivity contribution in [3.8, 4) is 16.9 Å². The molecule has 0 radical (unpaired) electrons. The second-order valence-corrected chi connectivity index (χ2v) is 11.4. The van der Waals surface area contributed by atoms with E-state index in [0.29, 0.717) is 30.3 Å². The van der Waals surface area contributed by atoms with E-state index in [0.717, 1.165) is 30.4 Å². The lowest BCUT2D eigenvalue weighted by atomic mass is 10.0. The predicted octanol–water partition coefficient (Wildman–Crippen LogP) is 10.7. The molecule has 0 spiro atoms. The number of ether oxygens (including phenoxy) is 2. The van der Waals surface area contributed by atoms with E-state index in [1.807, 2.05) is 36.4 Å². The van der Waals surface area contributed by atoms with Crippen molar-refractivity contribution in [2.75, 3.05) is 6.61 Å². The number of carbonyl (C=O) groups excluding carboxylic acids is 2. The van der Waals surface area contributed by atoms with Gasteiger partial charge in [-0.3, -0.25) is 4.79 Å². The highest BCUT2D eigenvalue weighted by Crippen LogP contribution is 2.24. The molecular formula is C36H54O4. The molecule has 0 aliphatic heterocycles. The average molecular weight is 551 g/mol. The lowest BCUT2D eigenvalue weighted by molar-refractivity contribution is -0.134. The van der Waals surface area contributed by atoms with Gasteiger partial charge in [0, 0.05) is 6.42 Å². The van der Waals surface area contributed by atoms with E-state index in [1.165, 1.54) is 83.5 Å². The van der Waals surface area contributed by atoms with Gasteiger partial charge in [0.1, 0.15) is 5.75 Å². The summed E-state index contributed by atoms with van der Waals surface area (Å²) < 4.78 is 10.9. The van der Waals surface area contributed by atoms with Crippen LogP contribution in [0.25, 0.3) is 11.1 Å². The number of carbonyl (C=O) groups is 2. The summed E-state index contributed by atoms with van der Waals surface area (Å²) in [6.45, 7) is 6.87. The molecule has 0 aromatic heterocycles. The van der Waals surface area contributed by atoms with Crippen LogP contribution in [0.2, 0.25) is 0 Å². The van der Waals surface area contributed by atoms with Crippen molar-refractivity contribution < 1.29 is 19.1 Å². The van der Waals surface area contributed by atoms with E-state index in [1.54, 1.807) is 12.1 Å². The highest BCUT2D eigenvalue weighted by Gasteiger charge is 2.10. The first-order valence-electron chi connectivity index (χ1n) is 16.1. The Hall–Kier alpha value is -2.62. The molecule has 0 bridgehead atoms. The van der Waals surface area contributed by atoms with Gasteiger partial charge in [0.25, 0.3) is 0 Å². The van der Waals surface area contributed by atoms with Crippen LogP contribution in [0.1, 0.15) is 140 Å². The second kappa shape index (κ2) is 21.2. The fourth-order valence-corrected chi connectivity index (χ4v) is 4.76. The Morgan fingerprint density at radius 3 is 1.55 bits per heavy atom. The molecule has 0 fully saturated rings. The van der Waals surface area contributed by atoms with Crippen molar-refractivity contribution in [3.63, 3.8) is 0 Å². The minimum absolute atomic E-state index is 0.164. The molecule has 2 rings (SSSR count). The maximum absolute atomic E-state index is 12.3. The minimum atomic E-state index is -0.289. The molecule has 0 saturated heterocycles. The third-order valence-corrected chi connectivity index (χ3v) is 7.72. The summed E-state index contributed by atoms with van der Waals surface area (Å²) >= 11 is 0. The van der Waals surface area contributed by atoms with Crippen molar-refractivity contribution in [3.05, 3.63) is 54.1 Å². The molecule has 4 nitrogen and oxygen atoms in total. The fourth-order valence-electron chi connectivity index (χ4n) is 4.76. The van der Waals surface area contributed by atoms with Crippen molar-refractivity contribution in [1.82, 2.24) is 0 Å². The second-order valence-electron chi connectivity index (χ2n) is 11.4. The minimum Gasteiger partial charge on any atom is -0.462 e. The first-order valence-corrected chi connectivity index (χ1v) is 16.1. The molecule has 0 aliphatic rings. The maximum Gasteiger partial charge on any atom is 0.338 e. The smallest absolute Gasteiger partial charge is 0.338 e. The van der Waals surface area contributed by atoms with Gasteiger partial charge in [-0.25, -0.2) is 4.79 Å². The molecule has 4 heteroatoms. The van der Waals surface area contributed by atoms with Gasteiger partial charge in [-0.15, -0.1) is 0 Å². The summed E-state index contributed by atoms with van der Waals surface area (Å²) in [6.07, 6.45) is 21.1. The van der Waals surface area contributed by atoms with Crippen LogP contribution in [0.4, 0.5) is 0 Å². The normalized spacial score (nSPS) is 11.8. The molecule has 222 valence electrons. The number of esters is 2. The summed E-state index contributed by atoms with van der Waals surface area (Å²) in [5.74, 6) is 0.478. The summed E-state index contributed by atoms with van der Waals surface area (Å²) in [4.78, 5) is 24.5. The Bertz CT molecular complexity index is 932. The van der Waals surface area contributed by atoms with Crippen molar-refractivity contribution in [1.29, 1.82) is 0 Å². The van der Waals surface area contributed by atoms with Gasteiger partial charge in [-0.1, -0.05) is 141 Å². The first-order chi connectivity index (χ1) is 19.5. The summed E-state index contributed by atoms with van der Waals surface area (Å²) in [6, 6.07) is 14.9. The van der Waals surface area contributed by atoms with E-state index in [9.17, 15) is 9.59 Å². The third-order valence-electron chi connectivity index (χ3n) is 7.72. The Morgan fingerprint density at radius 2 is 1.07 bits per heavy atom. The van der Waals surface area contributed by atoms with Crippen LogP contribution in [0, 0.1) is 5.92 Å². The van der Waals surface area contributed by atoms with E-state index < -0.39 is 0 Å². The van der Waals surface area contributed by atoms with Crippen molar-refractivity contribution in [2.45, 2.75) is 130 Å². The number of hydrogen-bond donors (Lipinski definition) is 0. The molecule has 0 heterocycles. The molecule has 0 aliphatic carbocycles. The first kappa shape index (κ1) is 33.6. The molecule has 1 atom stereocenters. The Balaban J connectivity index is 1.54. The number of benzene rings is 2. The largest absolute Gasteiger partial charge is 0.462 e. The standard InChI is InChI=1S/C36H54O4/c1-4-6-7-8-9-10-11-12-13-14-15-16-17-18-19-20-35(37)40-34-27-25-32(26-28-34)31-21-23-33(24-22-31)36(38)39-29-30(3)5-2/h21-28,30H,4-20,29H2,1-3H3. The van der Waals surface area contributed by atoms with Crippen LogP contribution in [-0.2, 0) is 9.53 Å². The zero-order valence-corrected chi connectivity index (χ0v) is 25.6. The van der Waals surface area contributed by atoms with E-state index >= 15 is 0 Å². The van der Waals surface area contributed by atoms with Crippen LogP contribution in [-0.4, -0.2) is 18.5 Å². The molecule has 0 saturated carbocycles. The van der Waals surface area contributed by atoms with Gasteiger partial charge in [0.05, 0.1) is 12.2 Å². The van der Waals surface area contributed by atoms with Crippen LogP contribution in [0.5, 0.6) is 5.75 Å². The predicted molar refractivity (Wildman–Crippen MR) is 167 cm³/mol. The van der Waals surface area contributed by atoms with Crippen LogP contribution in [0.15, 0.2) is 48.5 Å². The maximum atomic E-state index is 12.3. The Kier molecular flexibility index (Phi) is 17.8. The number of unbranched alkanes of at least 4 members (excludes halogenated alkanes) is 14.